The summed E-state index contributed by atoms with van der Waals surface area (Å²) in [5.41, 5.74) is 0.864. The summed E-state index contributed by atoms with van der Waals surface area (Å²) in [6, 6.07) is 5.55. The van der Waals surface area contributed by atoms with E-state index in [1.165, 1.54) is 19.3 Å². The van der Waals surface area contributed by atoms with E-state index in [0.717, 1.165) is 29.9 Å². The molecule has 0 aliphatic carbocycles. The minimum absolute atomic E-state index is 0.439. The highest BCUT2D eigenvalue weighted by Crippen LogP contribution is 2.28. The molecule has 1 aromatic carbocycles. The van der Waals surface area contributed by atoms with E-state index in [1.54, 1.807) is 14.2 Å². The molecule has 0 fully saturated rings. The van der Waals surface area contributed by atoms with Crippen molar-refractivity contribution in [2.75, 3.05) is 14.2 Å². The van der Waals surface area contributed by atoms with Crippen LogP contribution >= 0.6 is 0 Å². The SMILES string of the molecule is CCCCCC[C@H](O)c1cc(OC)cc(OC)c1. The van der Waals surface area contributed by atoms with Crippen LogP contribution < -0.4 is 9.47 Å². The Morgan fingerprint density at radius 2 is 1.61 bits per heavy atom. The van der Waals surface area contributed by atoms with Gasteiger partial charge in [0.1, 0.15) is 11.5 Å². The Hall–Kier alpha value is -1.22. The van der Waals surface area contributed by atoms with Crippen LogP contribution in [0.15, 0.2) is 18.2 Å². The number of methoxy groups -OCH3 is 2. The summed E-state index contributed by atoms with van der Waals surface area (Å²) in [6.45, 7) is 2.18. The molecular weight excluding hydrogens is 228 g/mol. The molecule has 3 heteroatoms. The smallest absolute Gasteiger partial charge is 0.122 e. The first-order chi connectivity index (χ1) is 8.71. The second kappa shape index (κ2) is 7.98. The average molecular weight is 252 g/mol. The number of ether oxygens (including phenoxy) is 2. The highest BCUT2D eigenvalue weighted by atomic mass is 16.5. The first kappa shape index (κ1) is 14.8. The van der Waals surface area contributed by atoms with Crippen LogP contribution in [0, 0.1) is 0 Å². The van der Waals surface area contributed by atoms with E-state index in [0.29, 0.717) is 0 Å². The molecule has 1 rings (SSSR count). The maximum absolute atomic E-state index is 10.1. The van der Waals surface area contributed by atoms with Crippen LogP contribution in [-0.2, 0) is 0 Å². The topological polar surface area (TPSA) is 38.7 Å². The number of hydrogen-bond acceptors (Lipinski definition) is 3. The van der Waals surface area contributed by atoms with E-state index in [-0.39, 0.29) is 0 Å². The summed E-state index contributed by atoms with van der Waals surface area (Å²) in [6.07, 6.45) is 5.02. The van der Waals surface area contributed by atoms with Crippen molar-refractivity contribution >= 4 is 0 Å². The van der Waals surface area contributed by atoms with Crippen molar-refractivity contribution in [1.29, 1.82) is 0 Å². The molecule has 102 valence electrons. The zero-order chi connectivity index (χ0) is 13.4. The Kier molecular flexibility index (Phi) is 6.58. The summed E-state index contributed by atoms with van der Waals surface area (Å²) >= 11 is 0. The summed E-state index contributed by atoms with van der Waals surface area (Å²) < 4.78 is 10.4. The first-order valence-corrected chi connectivity index (χ1v) is 6.62. The van der Waals surface area contributed by atoms with Crippen LogP contribution in [0.4, 0.5) is 0 Å². The Labute approximate surface area is 110 Å². The molecule has 18 heavy (non-hydrogen) atoms. The molecule has 0 saturated heterocycles. The summed E-state index contributed by atoms with van der Waals surface area (Å²) in [7, 11) is 3.23. The molecule has 0 heterocycles. The monoisotopic (exact) mass is 252 g/mol. The third kappa shape index (κ3) is 4.57. The average Bonchev–Trinajstić information content (AvgIpc) is 2.42. The van der Waals surface area contributed by atoms with Crippen LogP contribution in [0.5, 0.6) is 11.5 Å². The van der Waals surface area contributed by atoms with E-state index in [2.05, 4.69) is 6.92 Å². The lowest BCUT2D eigenvalue weighted by Gasteiger charge is -2.13. The number of rotatable bonds is 8. The summed E-state index contributed by atoms with van der Waals surface area (Å²) in [4.78, 5) is 0. The Balaban J connectivity index is 2.63. The molecular formula is C15H24O3. The predicted octanol–water partition coefficient (Wildman–Crippen LogP) is 3.71. The maximum atomic E-state index is 10.1. The number of benzene rings is 1. The maximum Gasteiger partial charge on any atom is 0.122 e. The highest BCUT2D eigenvalue weighted by Gasteiger charge is 2.10. The van der Waals surface area contributed by atoms with Gasteiger partial charge in [-0.2, -0.15) is 0 Å². The highest BCUT2D eigenvalue weighted by molar-refractivity contribution is 5.39. The van der Waals surface area contributed by atoms with Crippen molar-refractivity contribution in [2.24, 2.45) is 0 Å². The van der Waals surface area contributed by atoms with Gasteiger partial charge in [-0.15, -0.1) is 0 Å². The number of aliphatic hydroxyl groups is 1. The second-order valence-corrected chi connectivity index (χ2v) is 4.51. The lowest BCUT2D eigenvalue weighted by atomic mass is 10.0. The minimum atomic E-state index is -0.439. The van der Waals surface area contributed by atoms with Gasteiger partial charge in [0, 0.05) is 6.07 Å². The van der Waals surface area contributed by atoms with Gasteiger partial charge in [-0.05, 0) is 24.1 Å². The van der Waals surface area contributed by atoms with E-state index < -0.39 is 6.10 Å². The number of unbranched alkanes of at least 4 members (excludes halogenated alkanes) is 3. The third-order valence-electron chi connectivity index (χ3n) is 3.09. The van der Waals surface area contributed by atoms with Gasteiger partial charge in [-0.3, -0.25) is 0 Å². The van der Waals surface area contributed by atoms with Gasteiger partial charge < -0.3 is 14.6 Å². The van der Waals surface area contributed by atoms with Crippen LogP contribution in [0.25, 0.3) is 0 Å². The first-order valence-electron chi connectivity index (χ1n) is 6.62. The van der Waals surface area contributed by atoms with Gasteiger partial charge in [-0.1, -0.05) is 32.6 Å². The van der Waals surface area contributed by atoms with Crippen molar-refractivity contribution in [3.05, 3.63) is 23.8 Å². The molecule has 0 aromatic heterocycles. The normalized spacial score (nSPS) is 12.2. The lowest BCUT2D eigenvalue weighted by molar-refractivity contribution is 0.162. The molecule has 0 unspecified atom stereocenters. The largest absolute Gasteiger partial charge is 0.497 e. The zero-order valence-electron chi connectivity index (χ0n) is 11.6. The minimum Gasteiger partial charge on any atom is -0.497 e. The Morgan fingerprint density at radius 1 is 1.00 bits per heavy atom. The van der Waals surface area contributed by atoms with Crippen molar-refractivity contribution in [1.82, 2.24) is 0 Å². The van der Waals surface area contributed by atoms with Gasteiger partial charge in [0.2, 0.25) is 0 Å². The zero-order valence-corrected chi connectivity index (χ0v) is 11.6. The van der Waals surface area contributed by atoms with E-state index in [1.807, 2.05) is 18.2 Å². The molecule has 0 spiro atoms. The molecule has 0 amide bonds. The molecule has 1 N–H and O–H groups in total. The van der Waals surface area contributed by atoms with Crippen molar-refractivity contribution in [3.63, 3.8) is 0 Å². The predicted molar refractivity (Wildman–Crippen MR) is 73.3 cm³/mol. The fourth-order valence-electron chi connectivity index (χ4n) is 1.95. The summed E-state index contributed by atoms with van der Waals surface area (Å²) in [5, 5.41) is 10.1. The van der Waals surface area contributed by atoms with Crippen molar-refractivity contribution in [3.8, 4) is 11.5 Å². The van der Waals surface area contributed by atoms with Crippen LogP contribution in [0.3, 0.4) is 0 Å². The van der Waals surface area contributed by atoms with Gasteiger partial charge in [-0.25, -0.2) is 0 Å². The molecule has 1 atom stereocenters. The van der Waals surface area contributed by atoms with Gasteiger partial charge >= 0.3 is 0 Å². The lowest BCUT2D eigenvalue weighted by Crippen LogP contribution is -1.99. The molecule has 0 aliphatic heterocycles. The van der Waals surface area contributed by atoms with Gasteiger partial charge in [0.25, 0.3) is 0 Å². The molecule has 1 aromatic rings. The molecule has 0 bridgehead atoms. The van der Waals surface area contributed by atoms with Crippen LogP contribution in [-0.4, -0.2) is 19.3 Å². The van der Waals surface area contributed by atoms with Crippen molar-refractivity contribution < 1.29 is 14.6 Å². The second-order valence-electron chi connectivity index (χ2n) is 4.51. The van der Waals surface area contributed by atoms with Crippen LogP contribution in [0.1, 0.15) is 50.7 Å². The standard InChI is InChI=1S/C15H24O3/c1-4-5-6-7-8-15(16)12-9-13(17-2)11-14(10-12)18-3/h9-11,15-16H,4-8H2,1-3H3/t15-/m0/s1. The Morgan fingerprint density at radius 3 is 2.11 bits per heavy atom. The fraction of sp³-hybridized carbons (Fsp3) is 0.600. The fourth-order valence-corrected chi connectivity index (χ4v) is 1.95. The Bertz CT molecular complexity index is 327. The van der Waals surface area contributed by atoms with Crippen LogP contribution in [0.2, 0.25) is 0 Å². The van der Waals surface area contributed by atoms with Gasteiger partial charge in [0.15, 0.2) is 0 Å². The van der Waals surface area contributed by atoms with E-state index >= 15 is 0 Å². The molecule has 0 radical (unpaired) electrons. The van der Waals surface area contributed by atoms with E-state index in [4.69, 9.17) is 9.47 Å². The number of hydrogen-bond donors (Lipinski definition) is 1. The molecule has 3 nitrogen and oxygen atoms in total. The van der Waals surface area contributed by atoms with E-state index in [9.17, 15) is 5.11 Å². The number of aliphatic hydroxyl groups excluding tert-OH is 1. The molecule has 0 aliphatic rings. The van der Waals surface area contributed by atoms with Gasteiger partial charge in [0.05, 0.1) is 20.3 Å². The molecule has 0 saturated carbocycles. The summed E-state index contributed by atoms with van der Waals surface area (Å²) in [5.74, 6) is 1.44. The van der Waals surface area contributed by atoms with Crippen molar-refractivity contribution in [2.45, 2.75) is 45.1 Å². The third-order valence-corrected chi connectivity index (χ3v) is 3.09. The quantitative estimate of drug-likeness (QED) is 0.717.